The van der Waals surface area contributed by atoms with Gasteiger partial charge in [0.2, 0.25) is 0 Å². The van der Waals surface area contributed by atoms with Gasteiger partial charge in [0.15, 0.2) is 5.96 Å². The monoisotopic (exact) mass is 495 g/mol. The number of aliphatic imine (C=N–C) groups is 1. The van der Waals surface area contributed by atoms with Crippen LogP contribution in [0.25, 0.3) is 0 Å². The van der Waals surface area contributed by atoms with Gasteiger partial charge in [0.1, 0.15) is 12.2 Å². The smallest absolute Gasteiger partial charge is 0.191 e. The van der Waals surface area contributed by atoms with Crippen LogP contribution in [0.4, 0.5) is 0 Å². The molecule has 1 aromatic heterocycles. The van der Waals surface area contributed by atoms with Gasteiger partial charge in [-0.05, 0) is 31.2 Å². The molecule has 2 aromatic rings. The number of nitrogens with zero attached hydrogens (tertiary/aromatic N) is 5. The van der Waals surface area contributed by atoms with Gasteiger partial charge in [-0.2, -0.15) is 5.10 Å². The van der Waals surface area contributed by atoms with E-state index in [1.807, 2.05) is 14.1 Å². The van der Waals surface area contributed by atoms with E-state index >= 15 is 0 Å². The molecule has 2 fully saturated rings. The summed E-state index contributed by atoms with van der Waals surface area (Å²) in [5.74, 6) is 1.75. The van der Waals surface area contributed by atoms with Crippen LogP contribution in [0.15, 0.2) is 41.7 Å². The van der Waals surface area contributed by atoms with Crippen molar-refractivity contribution >= 4 is 29.9 Å². The van der Waals surface area contributed by atoms with Crippen LogP contribution in [0.2, 0.25) is 0 Å². The number of rotatable bonds is 5. The summed E-state index contributed by atoms with van der Waals surface area (Å²) in [5.41, 5.74) is 1.42. The molecule has 2 N–H and O–H groups in total. The summed E-state index contributed by atoms with van der Waals surface area (Å²) in [6.07, 6.45) is 6.54. The van der Waals surface area contributed by atoms with Gasteiger partial charge in [-0.25, -0.2) is 4.98 Å². The Morgan fingerprint density at radius 3 is 2.50 bits per heavy atom. The van der Waals surface area contributed by atoms with E-state index in [9.17, 15) is 0 Å². The van der Waals surface area contributed by atoms with E-state index < -0.39 is 0 Å². The molecular formula is C20H30IN7. The third-order valence-corrected chi connectivity index (χ3v) is 5.88. The Balaban J connectivity index is 0.00000225. The quantitative estimate of drug-likeness (QED) is 0.379. The number of hydrogen-bond donors (Lipinski definition) is 2. The summed E-state index contributed by atoms with van der Waals surface area (Å²) in [6, 6.07) is 12.6. The van der Waals surface area contributed by atoms with Gasteiger partial charge in [0.25, 0.3) is 0 Å². The molecule has 7 nitrogen and oxygen atoms in total. The Morgan fingerprint density at radius 1 is 1.18 bits per heavy atom. The van der Waals surface area contributed by atoms with Gasteiger partial charge in [0.05, 0.1) is 6.54 Å². The van der Waals surface area contributed by atoms with Crippen LogP contribution in [0.1, 0.15) is 37.1 Å². The summed E-state index contributed by atoms with van der Waals surface area (Å²) >= 11 is 0. The highest BCUT2D eigenvalue weighted by atomic mass is 127. The molecule has 2 aliphatic heterocycles. The van der Waals surface area contributed by atoms with Gasteiger partial charge >= 0.3 is 0 Å². The Kier molecular flexibility index (Phi) is 7.28. The lowest BCUT2D eigenvalue weighted by Crippen LogP contribution is -2.52. The number of hydrogen-bond acceptors (Lipinski definition) is 4. The molecule has 2 bridgehead atoms. The number of benzene rings is 1. The summed E-state index contributed by atoms with van der Waals surface area (Å²) in [7, 11) is 3.73. The fraction of sp³-hybridized carbons (Fsp3) is 0.550. The van der Waals surface area contributed by atoms with Crippen molar-refractivity contribution in [3.63, 3.8) is 0 Å². The van der Waals surface area contributed by atoms with Crippen LogP contribution in [0, 0.1) is 0 Å². The number of nitrogens with one attached hydrogen (secondary N) is 2. The maximum atomic E-state index is 4.39. The minimum absolute atomic E-state index is 0. The van der Waals surface area contributed by atoms with Gasteiger partial charge in [0, 0.05) is 38.8 Å². The van der Waals surface area contributed by atoms with Crippen molar-refractivity contribution in [2.24, 2.45) is 12.0 Å². The van der Waals surface area contributed by atoms with Crippen molar-refractivity contribution in [2.75, 3.05) is 7.05 Å². The van der Waals surface area contributed by atoms with Crippen LogP contribution < -0.4 is 10.6 Å². The molecule has 0 aliphatic carbocycles. The number of aryl methyl sites for hydroxylation is 1. The first-order valence-electron chi connectivity index (χ1n) is 9.82. The lowest BCUT2D eigenvalue weighted by molar-refractivity contribution is 0.114. The van der Waals surface area contributed by atoms with Crippen molar-refractivity contribution in [1.29, 1.82) is 0 Å². The number of halogens is 1. The second-order valence-corrected chi connectivity index (χ2v) is 7.58. The lowest BCUT2D eigenvalue weighted by Gasteiger charge is -2.39. The topological polar surface area (TPSA) is 70.4 Å². The van der Waals surface area contributed by atoms with E-state index in [0.29, 0.717) is 24.7 Å². The Hall–Kier alpha value is -1.68. The average Bonchev–Trinajstić information content (AvgIpc) is 3.19. The molecule has 2 atom stereocenters. The normalized spacial score (nSPS) is 24.6. The Labute approximate surface area is 184 Å². The van der Waals surface area contributed by atoms with Crippen molar-refractivity contribution in [3.05, 3.63) is 48.0 Å². The van der Waals surface area contributed by atoms with E-state index in [-0.39, 0.29) is 24.0 Å². The van der Waals surface area contributed by atoms with E-state index in [4.69, 9.17) is 0 Å². The first-order chi connectivity index (χ1) is 13.2. The molecule has 2 unspecified atom stereocenters. The molecule has 0 radical (unpaired) electrons. The van der Waals surface area contributed by atoms with E-state index in [0.717, 1.165) is 18.3 Å². The summed E-state index contributed by atoms with van der Waals surface area (Å²) in [5, 5.41) is 11.1. The fourth-order valence-electron chi connectivity index (χ4n) is 4.48. The van der Waals surface area contributed by atoms with Gasteiger partial charge in [-0.15, -0.1) is 24.0 Å². The van der Waals surface area contributed by atoms with Crippen LogP contribution in [0.5, 0.6) is 0 Å². The van der Waals surface area contributed by atoms with Crippen LogP contribution in [0.3, 0.4) is 0 Å². The van der Waals surface area contributed by atoms with Crippen LogP contribution in [-0.4, -0.2) is 50.8 Å². The third kappa shape index (κ3) is 4.83. The summed E-state index contributed by atoms with van der Waals surface area (Å²) in [4.78, 5) is 11.4. The van der Waals surface area contributed by atoms with E-state index in [2.05, 4.69) is 60.9 Å². The van der Waals surface area contributed by atoms with Gasteiger partial charge in [-0.1, -0.05) is 30.3 Å². The number of fused-ring (bicyclic) bond motifs is 2. The van der Waals surface area contributed by atoms with Crippen LogP contribution >= 0.6 is 24.0 Å². The summed E-state index contributed by atoms with van der Waals surface area (Å²) in [6.45, 7) is 1.69. The maximum absolute atomic E-state index is 4.39. The molecule has 3 heterocycles. The molecule has 4 rings (SSSR count). The molecule has 0 saturated carbocycles. The molecule has 2 saturated heterocycles. The molecule has 1 aromatic carbocycles. The third-order valence-electron chi connectivity index (χ3n) is 5.88. The SMILES string of the molecule is CN=C(NCc1ncnn1C)NC1CC2CCC(C1)N2Cc1ccccc1.I. The molecule has 152 valence electrons. The first kappa shape index (κ1) is 21.0. The highest BCUT2D eigenvalue weighted by molar-refractivity contribution is 14.0. The first-order valence-corrected chi connectivity index (χ1v) is 9.82. The Morgan fingerprint density at radius 2 is 1.89 bits per heavy atom. The van der Waals surface area contributed by atoms with Crippen molar-refractivity contribution in [3.8, 4) is 0 Å². The predicted octanol–water partition coefficient (Wildman–Crippen LogP) is 2.29. The number of guanidine groups is 1. The second kappa shape index (κ2) is 9.69. The molecule has 2 aliphatic rings. The van der Waals surface area contributed by atoms with Crippen LogP contribution in [-0.2, 0) is 20.1 Å². The molecular weight excluding hydrogens is 465 g/mol. The minimum Gasteiger partial charge on any atom is -0.354 e. The number of piperidine rings is 1. The number of aromatic nitrogens is 3. The zero-order valence-electron chi connectivity index (χ0n) is 16.6. The van der Waals surface area contributed by atoms with Crippen molar-refractivity contribution < 1.29 is 0 Å². The van der Waals surface area contributed by atoms with Gasteiger partial charge in [-0.3, -0.25) is 14.6 Å². The highest BCUT2D eigenvalue weighted by Gasteiger charge is 2.40. The largest absolute Gasteiger partial charge is 0.354 e. The predicted molar refractivity (Wildman–Crippen MR) is 122 cm³/mol. The molecule has 0 amide bonds. The zero-order valence-corrected chi connectivity index (χ0v) is 18.9. The van der Waals surface area contributed by atoms with Gasteiger partial charge < -0.3 is 10.6 Å². The minimum atomic E-state index is 0. The van der Waals surface area contributed by atoms with Crippen molar-refractivity contribution in [1.82, 2.24) is 30.3 Å². The van der Waals surface area contributed by atoms with E-state index in [1.165, 1.54) is 31.2 Å². The maximum Gasteiger partial charge on any atom is 0.191 e. The molecule has 8 heteroatoms. The van der Waals surface area contributed by atoms with Crippen molar-refractivity contribution in [2.45, 2.75) is 56.9 Å². The van der Waals surface area contributed by atoms with E-state index in [1.54, 1.807) is 11.0 Å². The average molecular weight is 495 g/mol. The summed E-state index contributed by atoms with van der Waals surface area (Å²) < 4.78 is 1.78. The fourth-order valence-corrected chi connectivity index (χ4v) is 4.48. The second-order valence-electron chi connectivity index (χ2n) is 7.58. The molecule has 0 spiro atoms. The lowest BCUT2D eigenvalue weighted by atomic mass is 9.96. The Bertz CT molecular complexity index is 762. The highest BCUT2D eigenvalue weighted by Crippen LogP contribution is 2.36. The molecule has 28 heavy (non-hydrogen) atoms. The standard InChI is InChI=1S/C20H29N7.HI/c1-21-20(22-12-19-23-14-24-26(19)2)25-16-10-17-8-9-18(11-16)27(17)13-15-6-4-3-5-7-15;/h3-7,14,16-18H,8-13H2,1-2H3,(H2,21,22,25);1H. The zero-order chi connectivity index (χ0) is 18.6.